The van der Waals surface area contributed by atoms with Gasteiger partial charge in [-0.05, 0) is 65.0 Å². The molecule has 0 radical (unpaired) electrons. The summed E-state index contributed by atoms with van der Waals surface area (Å²) in [5.74, 6) is 0. The van der Waals surface area contributed by atoms with Crippen LogP contribution in [0.15, 0.2) is 28.1 Å². The minimum Gasteiger partial charge on any atom is -0.378 e. The van der Waals surface area contributed by atoms with Crippen molar-refractivity contribution >= 4 is 44.6 Å². The zero-order valence-corrected chi connectivity index (χ0v) is 13.8. The van der Waals surface area contributed by atoms with Gasteiger partial charge < -0.3 is 5.32 Å². The van der Waals surface area contributed by atoms with E-state index in [9.17, 15) is 0 Å². The Morgan fingerprint density at radius 2 is 2.25 bits per heavy atom. The van der Waals surface area contributed by atoms with E-state index >= 15 is 0 Å². The first-order valence-corrected chi connectivity index (χ1v) is 8.40. The minimum absolute atomic E-state index is 0.324. The van der Waals surface area contributed by atoms with E-state index in [1.54, 1.807) is 6.07 Å². The van der Waals surface area contributed by atoms with E-state index in [0.29, 0.717) is 16.6 Å². The van der Waals surface area contributed by atoms with Gasteiger partial charge in [-0.1, -0.05) is 11.6 Å². The zero-order valence-electron chi connectivity index (χ0n) is 10.6. The second kappa shape index (κ2) is 5.77. The number of hydrogen-bond donors (Lipinski definition) is 1. The fraction of sp³-hybridized carbons (Fsp3) is 0.267. The van der Waals surface area contributed by atoms with Gasteiger partial charge >= 0.3 is 0 Å². The topological polar surface area (TPSA) is 35.8 Å². The van der Waals surface area contributed by atoms with E-state index in [4.69, 9.17) is 16.9 Å². The summed E-state index contributed by atoms with van der Waals surface area (Å²) in [4.78, 5) is 1.46. The quantitative estimate of drug-likeness (QED) is 0.758. The molecule has 1 N–H and O–H groups in total. The second-order valence-electron chi connectivity index (χ2n) is 4.82. The van der Waals surface area contributed by atoms with E-state index in [1.807, 2.05) is 23.5 Å². The molecule has 5 heteroatoms. The SMILES string of the molecule is N#Cc1ccc(NC2CCCc3sc(Br)cc32)cc1Cl. The van der Waals surface area contributed by atoms with E-state index in [-0.39, 0.29) is 0 Å². The maximum absolute atomic E-state index is 8.90. The number of nitrogens with zero attached hydrogens (tertiary/aromatic N) is 1. The van der Waals surface area contributed by atoms with E-state index in [0.717, 1.165) is 18.5 Å². The number of halogens is 2. The molecule has 1 aliphatic carbocycles. The van der Waals surface area contributed by atoms with Crippen molar-refractivity contribution < 1.29 is 0 Å². The van der Waals surface area contributed by atoms with Crippen LogP contribution in [-0.2, 0) is 6.42 Å². The van der Waals surface area contributed by atoms with E-state index in [1.165, 1.54) is 20.6 Å². The van der Waals surface area contributed by atoms with Crippen LogP contribution >= 0.6 is 38.9 Å². The molecule has 2 nitrogen and oxygen atoms in total. The number of benzene rings is 1. The molecule has 0 amide bonds. The molecule has 1 heterocycles. The first-order chi connectivity index (χ1) is 9.67. The predicted octanol–water partition coefficient (Wildman–Crippen LogP) is 5.53. The highest BCUT2D eigenvalue weighted by atomic mass is 79.9. The number of anilines is 1. The zero-order chi connectivity index (χ0) is 14.1. The Morgan fingerprint density at radius 1 is 1.40 bits per heavy atom. The van der Waals surface area contributed by atoms with Crippen LogP contribution in [-0.4, -0.2) is 0 Å². The van der Waals surface area contributed by atoms with Crippen molar-refractivity contribution in [3.8, 4) is 6.07 Å². The summed E-state index contributed by atoms with van der Waals surface area (Å²) in [6, 6.07) is 10.1. The van der Waals surface area contributed by atoms with E-state index < -0.39 is 0 Å². The Morgan fingerprint density at radius 3 is 3.00 bits per heavy atom. The van der Waals surface area contributed by atoms with Crippen molar-refractivity contribution in [2.24, 2.45) is 0 Å². The average Bonchev–Trinajstić information content (AvgIpc) is 2.80. The molecule has 0 saturated carbocycles. The van der Waals surface area contributed by atoms with Crippen molar-refractivity contribution in [3.63, 3.8) is 0 Å². The van der Waals surface area contributed by atoms with Gasteiger partial charge in [0.25, 0.3) is 0 Å². The van der Waals surface area contributed by atoms with Gasteiger partial charge in [0, 0.05) is 10.6 Å². The largest absolute Gasteiger partial charge is 0.378 e. The molecule has 3 rings (SSSR count). The van der Waals surface area contributed by atoms with Crippen LogP contribution in [0.1, 0.15) is 34.9 Å². The molecule has 1 atom stereocenters. The minimum atomic E-state index is 0.324. The maximum atomic E-state index is 8.90. The van der Waals surface area contributed by atoms with Gasteiger partial charge in [0.05, 0.1) is 20.4 Å². The Kier molecular flexibility index (Phi) is 4.02. The highest BCUT2D eigenvalue weighted by Gasteiger charge is 2.22. The van der Waals surface area contributed by atoms with Gasteiger partial charge in [0.2, 0.25) is 0 Å². The summed E-state index contributed by atoms with van der Waals surface area (Å²) in [5, 5.41) is 12.9. The monoisotopic (exact) mass is 366 g/mol. The number of thiophene rings is 1. The van der Waals surface area contributed by atoms with Gasteiger partial charge in [-0.25, -0.2) is 0 Å². The van der Waals surface area contributed by atoms with Crippen molar-refractivity contribution in [1.82, 2.24) is 0 Å². The van der Waals surface area contributed by atoms with Crippen molar-refractivity contribution in [1.29, 1.82) is 5.26 Å². The molecule has 0 fully saturated rings. The third-order valence-electron chi connectivity index (χ3n) is 3.51. The molecule has 0 saturated heterocycles. The van der Waals surface area contributed by atoms with Crippen molar-refractivity contribution in [3.05, 3.63) is 49.1 Å². The first kappa shape index (κ1) is 13.9. The highest BCUT2D eigenvalue weighted by Crippen LogP contribution is 2.39. The fourth-order valence-electron chi connectivity index (χ4n) is 2.57. The third-order valence-corrected chi connectivity index (χ3v) is 5.54. The molecule has 0 bridgehead atoms. The number of fused-ring (bicyclic) bond motifs is 1. The maximum Gasteiger partial charge on any atom is 0.101 e. The number of nitriles is 1. The van der Waals surface area contributed by atoms with Crippen LogP contribution in [0.2, 0.25) is 5.02 Å². The van der Waals surface area contributed by atoms with Gasteiger partial charge in [-0.2, -0.15) is 5.26 Å². The summed E-state index contributed by atoms with van der Waals surface area (Å²) in [7, 11) is 0. The van der Waals surface area contributed by atoms with Crippen LogP contribution in [0, 0.1) is 11.3 Å². The molecule has 1 aliphatic rings. The van der Waals surface area contributed by atoms with Crippen LogP contribution < -0.4 is 5.32 Å². The van der Waals surface area contributed by atoms with Gasteiger partial charge in [0.15, 0.2) is 0 Å². The number of nitrogens with one attached hydrogen (secondary N) is 1. The second-order valence-corrected chi connectivity index (χ2v) is 7.75. The lowest BCUT2D eigenvalue weighted by atomic mass is 9.94. The third kappa shape index (κ3) is 2.71. The van der Waals surface area contributed by atoms with Crippen molar-refractivity contribution in [2.45, 2.75) is 25.3 Å². The number of aryl methyl sites for hydroxylation is 1. The Balaban J connectivity index is 1.85. The Bertz CT molecular complexity index is 690. The summed E-state index contributed by atoms with van der Waals surface area (Å²) in [6.45, 7) is 0. The molecular weight excluding hydrogens is 356 g/mol. The van der Waals surface area contributed by atoms with Crippen LogP contribution in [0.3, 0.4) is 0 Å². The lowest BCUT2D eigenvalue weighted by molar-refractivity contribution is 0.609. The summed E-state index contributed by atoms with van der Waals surface area (Å²) in [6.07, 6.45) is 3.48. The number of hydrogen-bond acceptors (Lipinski definition) is 3. The number of rotatable bonds is 2. The molecular formula is C15H12BrClN2S. The highest BCUT2D eigenvalue weighted by molar-refractivity contribution is 9.11. The van der Waals surface area contributed by atoms with Crippen LogP contribution in [0.25, 0.3) is 0 Å². The standard InChI is InChI=1S/C15H12BrClN2S/c16-15-7-11-13(2-1-3-14(11)20-15)19-10-5-4-9(8-18)12(17)6-10/h4-7,13,19H,1-3H2. The molecule has 0 aliphatic heterocycles. The van der Waals surface area contributed by atoms with Gasteiger partial charge in [-0.15, -0.1) is 11.3 Å². The smallest absolute Gasteiger partial charge is 0.101 e. The van der Waals surface area contributed by atoms with Gasteiger partial charge in [-0.3, -0.25) is 0 Å². The summed E-state index contributed by atoms with van der Waals surface area (Å²) in [5.41, 5.74) is 2.86. The fourth-order valence-corrected chi connectivity index (χ4v) is 4.61. The summed E-state index contributed by atoms with van der Waals surface area (Å²) < 4.78 is 1.19. The van der Waals surface area contributed by atoms with Crippen LogP contribution in [0.4, 0.5) is 5.69 Å². The molecule has 20 heavy (non-hydrogen) atoms. The lowest BCUT2D eigenvalue weighted by Crippen LogP contribution is -2.15. The van der Waals surface area contributed by atoms with E-state index in [2.05, 4.69) is 33.4 Å². The lowest BCUT2D eigenvalue weighted by Gasteiger charge is -2.24. The first-order valence-electron chi connectivity index (χ1n) is 6.41. The van der Waals surface area contributed by atoms with Gasteiger partial charge in [0.1, 0.15) is 6.07 Å². The predicted molar refractivity (Wildman–Crippen MR) is 87.5 cm³/mol. The molecule has 1 unspecified atom stereocenters. The normalized spacial score (nSPS) is 17.4. The molecule has 1 aromatic carbocycles. The Hall–Kier alpha value is -1.02. The van der Waals surface area contributed by atoms with Crippen molar-refractivity contribution in [2.75, 3.05) is 5.32 Å². The average molecular weight is 368 g/mol. The Labute approximate surface area is 135 Å². The summed E-state index contributed by atoms with van der Waals surface area (Å²) >= 11 is 11.5. The van der Waals surface area contributed by atoms with Crippen LogP contribution in [0.5, 0.6) is 0 Å². The molecule has 0 spiro atoms. The molecule has 102 valence electrons. The molecule has 1 aromatic heterocycles. The molecule has 2 aromatic rings.